The Balaban J connectivity index is 1.73. The molecule has 5 heteroatoms. The van der Waals surface area contributed by atoms with E-state index in [0.717, 1.165) is 29.7 Å². The van der Waals surface area contributed by atoms with Gasteiger partial charge in [0.25, 0.3) is 0 Å². The number of rotatable bonds is 5. The molecule has 1 aromatic rings. The van der Waals surface area contributed by atoms with Gasteiger partial charge in [-0.3, -0.25) is 4.79 Å². The summed E-state index contributed by atoms with van der Waals surface area (Å²) in [6.07, 6.45) is 1.38. The van der Waals surface area contributed by atoms with Crippen molar-refractivity contribution in [3.63, 3.8) is 0 Å². The Kier molecular flexibility index (Phi) is 6.06. The lowest BCUT2D eigenvalue weighted by Crippen LogP contribution is -2.48. The van der Waals surface area contributed by atoms with Gasteiger partial charge in [-0.15, -0.1) is 0 Å². The average Bonchev–Trinajstić information content (AvgIpc) is 2.44. The molecule has 1 heterocycles. The van der Waals surface area contributed by atoms with Crippen molar-refractivity contribution >= 4 is 21.8 Å². The maximum atomic E-state index is 12.0. The number of piperidine rings is 1. The molecule has 116 valence electrons. The highest BCUT2D eigenvalue weighted by Gasteiger charge is 2.22. The molecule has 1 fully saturated rings. The Hall–Kier alpha value is -1.07. The van der Waals surface area contributed by atoms with Crippen LogP contribution >= 0.6 is 15.9 Å². The molecule has 1 aliphatic heterocycles. The molecule has 2 unspecified atom stereocenters. The summed E-state index contributed by atoms with van der Waals surface area (Å²) in [5.41, 5.74) is 1.17. The maximum absolute atomic E-state index is 12.0. The standard InChI is InChI=1S/C16H23BrN2O2/c1-11-3-4-15(13(17)9-11)21-8-6-16(20)19-14-5-7-18-10-12(14)2/h3-4,9,12,14,18H,5-8,10H2,1-2H3,(H,19,20). The molecular weight excluding hydrogens is 332 g/mol. The van der Waals surface area contributed by atoms with Crippen LogP contribution in [-0.4, -0.2) is 31.6 Å². The minimum absolute atomic E-state index is 0.0667. The number of hydrogen-bond donors (Lipinski definition) is 2. The van der Waals surface area contributed by atoms with Crippen LogP contribution in [0.15, 0.2) is 22.7 Å². The van der Waals surface area contributed by atoms with E-state index in [1.54, 1.807) is 0 Å². The third-order valence-electron chi connectivity index (χ3n) is 3.81. The van der Waals surface area contributed by atoms with Crippen LogP contribution in [0.4, 0.5) is 0 Å². The van der Waals surface area contributed by atoms with E-state index in [1.165, 1.54) is 5.56 Å². The summed E-state index contributed by atoms with van der Waals surface area (Å²) in [4.78, 5) is 12.0. The van der Waals surface area contributed by atoms with Crippen molar-refractivity contribution in [1.29, 1.82) is 0 Å². The first kappa shape index (κ1) is 16.3. The third kappa shape index (κ3) is 5.00. The van der Waals surface area contributed by atoms with Gasteiger partial charge >= 0.3 is 0 Å². The number of hydrogen-bond acceptors (Lipinski definition) is 3. The van der Waals surface area contributed by atoms with Gasteiger partial charge in [0.05, 0.1) is 17.5 Å². The van der Waals surface area contributed by atoms with Crippen molar-refractivity contribution < 1.29 is 9.53 Å². The minimum atomic E-state index is 0.0667. The number of amides is 1. The van der Waals surface area contributed by atoms with Crippen LogP contribution in [0.1, 0.15) is 25.3 Å². The fraction of sp³-hybridized carbons (Fsp3) is 0.562. The van der Waals surface area contributed by atoms with Gasteiger partial charge in [-0.2, -0.15) is 0 Å². The second-order valence-corrected chi connectivity index (χ2v) is 6.53. The summed E-state index contributed by atoms with van der Waals surface area (Å²) >= 11 is 3.47. The van der Waals surface area contributed by atoms with E-state index in [4.69, 9.17) is 4.74 Å². The van der Waals surface area contributed by atoms with Gasteiger partial charge in [0, 0.05) is 6.04 Å². The molecule has 1 aromatic carbocycles. The van der Waals surface area contributed by atoms with Crippen LogP contribution in [-0.2, 0) is 4.79 Å². The van der Waals surface area contributed by atoms with Crippen LogP contribution in [0, 0.1) is 12.8 Å². The monoisotopic (exact) mass is 354 g/mol. The number of nitrogens with one attached hydrogen (secondary N) is 2. The number of carbonyl (C=O) groups is 1. The van der Waals surface area contributed by atoms with Crippen LogP contribution < -0.4 is 15.4 Å². The average molecular weight is 355 g/mol. The molecule has 0 bridgehead atoms. The molecule has 0 spiro atoms. The van der Waals surface area contributed by atoms with Crippen LogP contribution in [0.25, 0.3) is 0 Å². The molecule has 1 amide bonds. The zero-order valence-electron chi connectivity index (χ0n) is 12.6. The van der Waals surface area contributed by atoms with E-state index >= 15 is 0 Å². The van der Waals surface area contributed by atoms with Crippen molar-refractivity contribution in [1.82, 2.24) is 10.6 Å². The van der Waals surface area contributed by atoms with Gasteiger partial charge in [-0.25, -0.2) is 0 Å². The van der Waals surface area contributed by atoms with Crippen LogP contribution in [0.2, 0.25) is 0 Å². The Bertz CT molecular complexity index is 493. The van der Waals surface area contributed by atoms with E-state index < -0.39 is 0 Å². The van der Waals surface area contributed by atoms with Gasteiger partial charge in [-0.05, 0) is 66.0 Å². The Morgan fingerprint density at radius 2 is 2.33 bits per heavy atom. The lowest BCUT2D eigenvalue weighted by molar-refractivity contribution is -0.122. The first-order valence-corrected chi connectivity index (χ1v) is 8.24. The Morgan fingerprint density at radius 3 is 3.05 bits per heavy atom. The fourth-order valence-electron chi connectivity index (χ4n) is 2.48. The first-order chi connectivity index (χ1) is 10.1. The third-order valence-corrected chi connectivity index (χ3v) is 4.43. The van der Waals surface area contributed by atoms with E-state index in [2.05, 4.69) is 33.5 Å². The minimum Gasteiger partial charge on any atom is -0.492 e. The van der Waals surface area contributed by atoms with Crippen molar-refractivity contribution in [2.24, 2.45) is 5.92 Å². The summed E-state index contributed by atoms with van der Waals surface area (Å²) in [6.45, 7) is 6.53. The topological polar surface area (TPSA) is 50.4 Å². The van der Waals surface area contributed by atoms with Crippen molar-refractivity contribution in [3.8, 4) is 5.75 Å². The van der Waals surface area contributed by atoms with Gasteiger partial charge in [0.1, 0.15) is 5.75 Å². The van der Waals surface area contributed by atoms with Crippen LogP contribution in [0.5, 0.6) is 5.75 Å². The number of carbonyl (C=O) groups excluding carboxylic acids is 1. The lowest BCUT2D eigenvalue weighted by Gasteiger charge is -2.30. The number of halogens is 1. The predicted octanol–water partition coefficient (Wildman–Crippen LogP) is 2.64. The molecule has 0 radical (unpaired) electrons. The number of benzene rings is 1. The first-order valence-electron chi connectivity index (χ1n) is 7.45. The van der Waals surface area contributed by atoms with Gasteiger partial charge < -0.3 is 15.4 Å². The quantitative estimate of drug-likeness (QED) is 0.854. The van der Waals surface area contributed by atoms with Crippen molar-refractivity contribution in [2.75, 3.05) is 19.7 Å². The molecule has 0 aromatic heterocycles. The molecule has 0 saturated carbocycles. The largest absolute Gasteiger partial charge is 0.492 e. The normalized spacial score (nSPS) is 21.9. The summed E-state index contributed by atoms with van der Waals surface area (Å²) in [5, 5.41) is 6.44. The summed E-state index contributed by atoms with van der Waals surface area (Å²) in [5.74, 6) is 1.33. The van der Waals surface area contributed by atoms with Crippen molar-refractivity contribution in [3.05, 3.63) is 28.2 Å². The lowest BCUT2D eigenvalue weighted by atomic mass is 9.95. The molecule has 21 heavy (non-hydrogen) atoms. The van der Waals surface area contributed by atoms with Crippen LogP contribution in [0.3, 0.4) is 0 Å². The highest BCUT2D eigenvalue weighted by molar-refractivity contribution is 9.10. The molecule has 4 nitrogen and oxygen atoms in total. The molecule has 2 N–H and O–H groups in total. The second kappa shape index (κ2) is 7.80. The molecule has 0 aliphatic carbocycles. The van der Waals surface area contributed by atoms with E-state index in [0.29, 0.717) is 18.9 Å². The van der Waals surface area contributed by atoms with Gasteiger partial charge in [-0.1, -0.05) is 13.0 Å². The zero-order chi connectivity index (χ0) is 15.2. The van der Waals surface area contributed by atoms with E-state index in [1.807, 2.05) is 25.1 Å². The summed E-state index contributed by atoms with van der Waals surface area (Å²) in [7, 11) is 0. The van der Waals surface area contributed by atoms with Crippen molar-refractivity contribution in [2.45, 2.75) is 32.7 Å². The summed E-state index contributed by atoms with van der Waals surface area (Å²) < 4.78 is 6.58. The van der Waals surface area contributed by atoms with E-state index in [9.17, 15) is 4.79 Å². The highest BCUT2D eigenvalue weighted by atomic mass is 79.9. The Labute approximate surface area is 134 Å². The van der Waals surface area contributed by atoms with Gasteiger partial charge in [0.2, 0.25) is 5.91 Å². The summed E-state index contributed by atoms with van der Waals surface area (Å²) in [6, 6.07) is 6.21. The zero-order valence-corrected chi connectivity index (χ0v) is 14.2. The predicted molar refractivity (Wildman–Crippen MR) is 87.6 cm³/mol. The number of aryl methyl sites for hydroxylation is 1. The Morgan fingerprint density at radius 1 is 1.52 bits per heavy atom. The molecule has 2 rings (SSSR count). The highest BCUT2D eigenvalue weighted by Crippen LogP contribution is 2.25. The SMILES string of the molecule is Cc1ccc(OCCC(=O)NC2CCNCC2C)c(Br)c1. The maximum Gasteiger partial charge on any atom is 0.223 e. The molecule has 2 atom stereocenters. The molecule has 1 aliphatic rings. The molecular formula is C16H23BrN2O2. The molecule has 1 saturated heterocycles. The fourth-order valence-corrected chi connectivity index (χ4v) is 3.09. The number of ether oxygens (including phenoxy) is 1. The smallest absolute Gasteiger partial charge is 0.223 e. The van der Waals surface area contributed by atoms with E-state index in [-0.39, 0.29) is 11.9 Å². The van der Waals surface area contributed by atoms with Gasteiger partial charge in [0.15, 0.2) is 0 Å². The second-order valence-electron chi connectivity index (χ2n) is 5.68.